The number of nitrogens with two attached hydrogens (primary N) is 1. The Bertz CT molecular complexity index is 808. The molecule has 6 nitrogen and oxygen atoms in total. The minimum absolute atomic E-state index is 0. The molecule has 4 N–H and O–H groups in total. The number of benzene rings is 2. The van der Waals surface area contributed by atoms with Crippen molar-refractivity contribution in [1.29, 1.82) is 0 Å². The third-order valence-electron chi connectivity index (χ3n) is 4.37. The molecule has 1 aliphatic carbocycles. The van der Waals surface area contributed by atoms with Gasteiger partial charge in [0.15, 0.2) is 0 Å². The number of carbonyl (C=O) groups excluding carboxylic acids is 2. The van der Waals surface area contributed by atoms with Gasteiger partial charge < -0.3 is 21.1 Å². The van der Waals surface area contributed by atoms with Crippen LogP contribution in [0.4, 0.5) is 17.1 Å². The summed E-state index contributed by atoms with van der Waals surface area (Å²) in [6.07, 6.45) is 0.939. The van der Waals surface area contributed by atoms with Gasteiger partial charge in [-0.15, -0.1) is 12.4 Å². The van der Waals surface area contributed by atoms with Gasteiger partial charge in [0, 0.05) is 23.2 Å². The van der Waals surface area contributed by atoms with Crippen molar-refractivity contribution in [3.8, 4) is 5.75 Å². The van der Waals surface area contributed by atoms with Crippen LogP contribution in [-0.4, -0.2) is 18.9 Å². The van der Waals surface area contributed by atoms with Crippen molar-refractivity contribution in [3.63, 3.8) is 0 Å². The van der Waals surface area contributed by atoms with E-state index >= 15 is 0 Å². The van der Waals surface area contributed by atoms with Gasteiger partial charge in [-0.05, 0) is 48.7 Å². The van der Waals surface area contributed by atoms with Crippen LogP contribution in [-0.2, 0) is 4.79 Å². The Labute approximate surface area is 158 Å². The third kappa shape index (κ3) is 4.46. The van der Waals surface area contributed by atoms with Gasteiger partial charge in [0.2, 0.25) is 5.91 Å². The SMILES string of the molecule is COc1ccc(N)c(NC(=O)c2ccc(NC(=O)C3CC3C)cc2)c1.Cl. The summed E-state index contributed by atoms with van der Waals surface area (Å²) < 4.78 is 5.13. The maximum atomic E-state index is 12.4. The number of carbonyl (C=O) groups is 2. The van der Waals surface area contributed by atoms with Crippen molar-refractivity contribution in [2.45, 2.75) is 13.3 Å². The van der Waals surface area contributed by atoms with Crippen LogP contribution in [0, 0.1) is 11.8 Å². The monoisotopic (exact) mass is 375 g/mol. The topological polar surface area (TPSA) is 93.4 Å². The van der Waals surface area contributed by atoms with Gasteiger partial charge in [0.1, 0.15) is 5.75 Å². The van der Waals surface area contributed by atoms with Crippen LogP contribution in [0.3, 0.4) is 0 Å². The van der Waals surface area contributed by atoms with E-state index in [-0.39, 0.29) is 30.1 Å². The van der Waals surface area contributed by atoms with Crippen molar-refractivity contribution in [3.05, 3.63) is 48.0 Å². The molecule has 2 unspecified atom stereocenters. The van der Waals surface area contributed by atoms with Gasteiger partial charge in [-0.1, -0.05) is 6.92 Å². The molecule has 0 spiro atoms. The first-order chi connectivity index (χ1) is 12.0. The highest BCUT2D eigenvalue weighted by atomic mass is 35.5. The fourth-order valence-corrected chi connectivity index (χ4v) is 2.59. The molecule has 0 heterocycles. The van der Waals surface area contributed by atoms with E-state index < -0.39 is 0 Å². The maximum absolute atomic E-state index is 12.4. The molecule has 2 aromatic carbocycles. The molecule has 1 fully saturated rings. The lowest BCUT2D eigenvalue weighted by molar-refractivity contribution is -0.117. The summed E-state index contributed by atoms with van der Waals surface area (Å²) in [7, 11) is 1.55. The second-order valence-electron chi connectivity index (χ2n) is 6.29. The van der Waals surface area contributed by atoms with Crippen LogP contribution in [0.25, 0.3) is 0 Å². The molecule has 26 heavy (non-hydrogen) atoms. The molecule has 0 aromatic heterocycles. The first-order valence-corrected chi connectivity index (χ1v) is 8.13. The first kappa shape index (κ1) is 19.6. The Balaban J connectivity index is 0.00000243. The smallest absolute Gasteiger partial charge is 0.255 e. The highest BCUT2D eigenvalue weighted by Gasteiger charge is 2.39. The van der Waals surface area contributed by atoms with Crippen molar-refractivity contribution in [2.75, 3.05) is 23.5 Å². The number of rotatable bonds is 5. The average molecular weight is 376 g/mol. The van der Waals surface area contributed by atoms with E-state index in [0.717, 1.165) is 6.42 Å². The van der Waals surface area contributed by atoms with E-state index in [9.17, 15) is 9.59 Å². The van der Waals surface area contributed by atoms with Crippen molar-refractivity contribution in [1.82, 2.24) is 0 Å². The Kier molecular flexibility index (Phi) is 6.10. The first-order valence-electron chi connectivity index (χ1n) is 8.13. The highest BCUT2D eigenvalue weighted by Crippen LogP contribution is 2.38. The molecule has 2 amide bonds. The molecule has 3 rings (SSSR count). The summed E-state index contributed by atoms with van der Waals surface area (Å²) in [6, 6.07) is 11.8. The van der Waals surface area contributed by atoms with Crippen LogP contribution < -0.4 is 21.1 Å². The van der Waals surface area contributed by atoms with Gasteiger partial charge in [0.25, 0.3) is 5.91 Å². The summed E-state index contributed by atoms with van der Waals surface area (Å²) in [5.41, 5.74) is 7.98. The molecule has 0 saturated heterocycles. The molecule has 0 bridgehead atoms. The molecule has 1 aliphatic rings. The van der Waals surface area contributed by atoms with Crippen LogP contribution >= 0.6 is 12.4 Å². The summed E-state index contributed by atoms with van der Waals surface area (Å²) in [5, 5.41) is 5.63. The van der Waals surface area contributed by atoms with Crippen LogP contribution in [0.1, 0.15) is 23.7 Å². The lowest BCUT2D eigenvalue weighted by atomic mass is 10.1. The van der Waals surface area contributed by atoms with E-state index in [2.05, 4.69) is 17.6 Å². The van der Waals surface area contributed by atoms with Gasteiger partial charge in [0.05, 0.1) is 18.5 Å². The molecule has 1 saturated carbocycles. The number of halogens is 1. The van der Waals surface area contributed by atoms with Gasteiger partial charge >= 0.3 is 0 Å². The number of ether oxygens (including phenoxy) is 1. The normalized spacial score (nSPS) is 17.6. The fourth-order valence-electron chi connectivity index (χ4n) is 2.59. The number of hydrogen-bond acceptors (Lipinski definition) is 4. The summed E-state index contributed by atoms with van der Waals surface area (Å²) in [6.45, 7) is 2.06. The molecular formula is C19H22ClN3O3. The van der Waals surface area contributed by atoms with Crippen LogP contribution in [0.2, 0.25) is 0 Å². The van der Waals surface area contributed by atoms with Crippen LogP contribution in [0.5, 0.6) is 5.75 Å². The Morgan fingerprint density at radius 2 is 1.77 bits per heavy atom. The Hall–Kier alpha value is -2.73. The lowest BCUT2D eigenvalue weighted by Crippen LogP contribution is -2.15. The summed E-state index contributed by atoms with van der Waals surface area (Å²) >= 11 is 0. The maximum Gasteiger partial charge on any atom is 0.255 e. The predicted molar refractivity (Wildman–Crippen MR) is 105 cm³/mol. The van der Waals surface area contributed by atoms with Crippen molar-refractivity contribution in [2.24, 2.45) is 11.8 Å². The fraction of sp³-hybridized carbons (Fsp3) is 0.263. The average Bonchev–Trinajstić information content (AvgIpc) is 3.34. The summed E-state index contributed by atoms with van der Waals surface area (Å²) in [5.74, 6) is 0.928. The number of nitrogens with one attached hydrogen (secondary N) is 2. The minimum atomic E-state index is -0.284. The summed E-state index contributed by atoms with van der Waals surface area (Å²) in [4.78, 5) is 24.3. The number of nitrogen functional groups attached to an aromatic ring is 1. The standard InChI is InChI=1S/C19H21N3O3.ClH/c1-11-9-15(11)19(24)21-13-5-3-12(4-6-13)18(23)22-17-10-14(25-2)7-8-16(17)20;/h3-8,10-11,15H,9,20H2,1-2H3,(H,21,24)(H,22,23);1H. The van der Waals surface area contributed by atoms with E-state index in [4.69, 9.17) is 10.5 Å². The number of amides is 2. The zero-order valence-electron chi connectivity index (χ0n) is 14.6. The second-order valence-corrected chi connectivity index (χ2v) is 6.29. The Morgan fingerprint density at radius 3 is 2.35 bits per heavy atom. The molecule has 0 aliphatic heterocycles. The second kappa shape index (κ2) is 8.10. The zero-order valence-corrected chi connectivity index (χ0v) is 15.4. The van der Waals surface area contributed by atoms with E-state index in [1.807, 2.05) is 0 Å². The molecule has 2 atom stereocenters. The minimum Gasteiger partial charge on any atom is -0.497 e. The Morgan fingerprint density at radius 1 is 1.12 bits per heavy atom. The molecule has 7 heteroatoms. The predicted octanol–water partition coefficient (Wildman–Crippen LogP) is 3.55. The molecule has 0 radical (unpaired) electrons. The zero-order chi connectivity index (χ0) is 18.0. The number of methoxy groups -OCH3 is 1. The van der Waals surface area contributed by atoms with Crippen molar-refractivity contribution < 1.29 is 14.3 Å². The highest BCUT2D eigenvalue weighted by molar-refractivity contribution is 6.06. The number of anilines is 3. The van der Waals surface area contributed by atoms with Gasteiger partial charge in [-0.3, -0.25) is 9.59 Å². The molecular weight excluding hydrogens is 354 g/mol. The van der Waals surface area contributed by atoms with E-state index in [1.54, 1.807) is 49.6 Å². The number of hydrogen-bond donors (Lipinski definition) is 3. The third-order valence-corrected chi connectivity index (χ3v) is 4.37. The van der Waals surface area contributed by atoms with Crippen LogP contribution in [0.15, 0.2) is 42.5 Å². The van der Waals surface area contributed by atoms with E-state index in [0.29, 0.717) is 34.3 Å². The molecule has 2 aromatic rings. The lowest BCUT2D eigenvalue weighted by Gasteiger charge is -2.10. The van der Waals surface area contributed by atoms with Gasteiger partial charge in [-0.2, -0.15) is 0 Å². The largest absolute Gasteiger partial charge is 0.497 e. The molecule has 138 valence electrons. The van der Waals surface area contributed by atoms with Gasteiger partial charge in [-0.25, -0.2) is 0 Å². The van der Waals surface area contributed by atoms with E-state index in [1.165, 1.54) is 0 Å². The quantitative estimate of drug-likeness (QED) is 0.696. The van der Waals surface area contributed by atoms with Crippen molar-refractivity contribution >= 4 is 41.3 Å².